The Morgan fingerprint density at radius 2 is 1.93 bits per heavy atom. The molecule has 0 aliphatic heterocycles. The van der Waals surface area contributed by atoms with Crippen LogP contribution in [-0.4, -0.2) is 11.1 Å². The number of aliphatic carboxylic acids is 1. The average molecular weight is 192 g/mol. The van der Waals surface area contributed by atoms with E-state index in [0.29, 0.717) is 0 Å². The lowest BCUT2D eigenvalue weighted by molar-refractivity contribution is -0.136. The van der Waals surface area contributed by atoms with E-state index in [1.807, 2.05) is 19.1 Å². The molecule has 0 saturated carbocycles. The highest BCUT2D eigenvalue weighted by atomic mass is 16.4. The van der Waals surface area contributed by atoms with Crippen LogP contribution in [0.15, 0.2) is 18.2 Å². The predicted octanol–water partition coefficient (Wildman–Crippen LogP) is 2.44. The van der Waals surface area contributed by atoms with Crippen LogP contribution in [0, 0.1) is 0 Å². The van der Waals surface area contributed by atoms with Crippen LogP contribution < -0.4 is 0 Å². The monoisotopic (exact) mass is 192 g/mol. The van der Waals surface area contributed by atoms with E-state index in [0.717, 1.165) is 24.0 Å². The minimum absolute atomic E-state index is 0.136. The minimum atomic E-state index is -0.757. The maximum absolute atomic E-state index is 10.6. The molecule has 14 heavy (non-hydrogen) atoms. The zero-order chi connectivity index (χ0) is 10.6. The molecule has 0 spiro atoms. The molecule has 0 heterocycles. The van der Waals surface area contributed by atoms with E-state index in [1.54, 1.807) is 0 Å². The van der Waals surface area contributed by atoms with Crippen LogP contribution in [0.3, 0.4) is 0 Å². The molecule has 76 valence electrons. The van der Waals surface area contributed by atoms with Gasteiger partial charge in [-0.2, -0.15) is 0 Å². The summed E-state index contributed by atoms with van der Waals surface area (Å²) in [5.74, 6) is -0.757. The number of carboxylic acids is 1. The topological polar surface area (TPSA) is 37.3 Å². The van der Waals surface area contributed by atoms with Gasteiger partial charge in [0.1, 0.15) is 0 Å². The summed E-state index contributed by atoms with van der Waals surface area (Å²) in [5.41, 5.74) is 3.31. The van der Waals surface area contributed by atoms with Crippen LogP contribution in [0.2, 0.25) is 0 Å². The Labute approximate surface area is 84.6 Å². The molecule has 0 saturated heterocycles. The van der Waals surface area contributed by atoms with Crippen molar-refractivity contribution in [3.8, 4) is 0 Å². The Bertz CT molecular complexity index is 329. The zero-order valence-electron chi connectivity index (χ0n) is 8.71. The Morgan fingerprint density at radius 1 is 1.21 bits per heavy atom. The van der Waals surface area contributed by atoms with Crippen LogP contribution in [0.4, 0.5) is 0 Å². The van der Waals surface area contributed by atoms with Crippen molar-refractivity contribution in [3.63, 3.8) is 0 Å². The highest BCUT2D eigenvalue weighted by molar-refractivity contribution is 5.70. The highest BCUT2D eigenvalue weighted by Gasteiger charge is 2.06. The highest BCUT2D eigenvalue weighted by Crippen LogP contribution is 2.14. The summed E-state index contributed by atoms with van der Waals surface area (Å²) in [7, 11) is 0. The number of hydrogen-bond acceptors (Lipinski definition) is 1. The van der Waals surface area contributed by atoms with Crippen LogP contribution >= 0.6 is 0 Å². The van der Waals surface area contributed by atoms with Crippen molar-refractivity contribution in [2.75, 3.05) is 0 Å². The summed E-state index contributed by atoms with van der Waals surface area (Å²) in [6.07, 6.45) is 1.99. The van der Waals surface area contributed by atoms with E-state index in [-0.39, 0.29) is 6.42 Å². The van der Waals surface area contributed by atoms with Gasteiger partial charge >= 0.3 is 5.97 Å². The van der Waals surface area contributed by atoms with Gasteiger partial charge < -0.3 is 5.11 Å². The first-order valence-electron chi connectivity index (χ1n) is 4.99. The first-order valence-corrected chi connectivity index (χ1v) is 4.99. The third kappa shape index (κ3) is 2.59. The molecule has 0 bridgehead atoms. The van der Waals surface area contributed by atoms with E-state index in [9.17, 15) is 4.79 Å². The van der Waals surface area contributed by atoms with Crippen LogP contribution in [0.1, 0.15) is 30.5 Å². The summed E-state index contributed by atoms with van der Waals surface area (Å²) in [4.78, 5) is 10.6. The van der Waals surface area contributed by atoms with Gasteiger partial charge in [-0.05, 0) is 29.5 Å². The molecular weight excluding hydrogens is 176 g/mol. The standard InChI is InChI=1S/C12H16O2/c1-3-9-5-6-10(4-2)11(7-9)8-12(13)14/h5-7H,3-4,8H2,1-2H3,(H,13,14). The number of rotatable bonds is 4. The smallest absolute Gasteiger partial charge is 0.307 e. The maximum Gasteiger partial charge on any atom is 0.307 e. The van der Waals surface area contributed by atoms with E-state index in [4.69, 9.17) is 5.11 Å². The maximum atomic E-state index is 10.6. The van der Waals surface area contributed by atoms with Gasteiger partial charge in [0.25, 0.3) is 0 Å². The fraction of sp³-hybridized carbons (Fsp3) is 0.417. The normalized spacial score (nSPS) is 10.1. The largest absolute Gasteiger partial charge is 0.481 e. The number of benzene rings is 1. The van der Waals surface area contributed by atoms with Crippen LogP contribution in [0.25, 0.3) is 0 Å². The van der Waals surface area contributed by atoms with Crippen LogP contribution in [-0.2, 0) is 24.1 Å². The quantitative estimate of drug-likeness (QED) is 0.795. The van der Waals surface area contributed by atoms with E-state index < -0.39 is 5.97 Å². The first-order chi connectivity index (χ1) is 6.67. The van der Waals surface area contributed by atoms with Gasteiger partial charge in [0.15, 0.2) is 0 Å². The van der Waals surface area contributed by atoms with E-state index >= 15 is 0 Å². The Kier molecular flexibility index (Phi) is 3.69. The van der Waals surface area contributed by atoms with Gasteiger partial charge in [-0.3, -0.25) is 4.79 Å². The molecule has 0 amide bonds. The lowest BCUT2D eigenvalue weighted by Gasteiger charge is -2.07. The molecule has 2 heteroatoms. The SMILES string of the molecule is CCc1ccc(CC)c(CC(=O)O)c1. The summed E-state index contributed by atoms with van der Waals surface area (Å²) >= 11 is 0. The van der Waals surface area contributed by atoms with Gasteiger partial charge in [-0.15, -0.1) is 0 Å². The summed E-state index contributed by atoms with van der Waals surface area (Å²) in [5, 5.41) is 8.75. The number of carbonyl (C=O) groups is 1. The van der Waals surface area contributed by atoms with Gasteiger partial charge in [-0.1, -0.05) is 32.0 Å². The zero-order valence-corrected chi connectivity index (χ0v) is 8.71. The molecule has 0 aromatic heterocycles. The molecular formula is C12H16O2. The lowest BCUT2D eigenvalue weighted by atomic mass is 9.99. The number of hydrogen-bond donors (Lipinski definition) is 1. The molecule has 1 aromatic carbocycles. The van der Waals surface area contributed by atoms with Crippen LogP contribution in [0.5, 0.6) is 0 Å². The molecule has 1 rings (SSSR count). The molecule has 0 aliphatic rings. The van der Waals surface area contributed by atoms with Crippen molar-refractivity contribution in [2.45, 2.75) is 33.1 Å². The molecule has 0 unspecified atom stereocenters. The second-order valence-corrected chi connectivity index (χ2v) is 3.38. The molecule has 0 atom stereocenters. The second kappa shape index (κ2) is 4.80. The van der Waals surface area contributed by atoms with Crippen molar-refractivity contribution in [1.29, 1.82) is 0 Å². The first kappa shape index (κ1) is 10.8. The lowest BCUT2D eigenvalue weighted by Crippen LogP contribution is -2.04. The molecule has 1 aromatic rings. The number of aryl methyl sites for hydroxylation is 2. The van der Waals surface area contributed by atoms with E-state index in [1.165, 1.54) is 5.56 Å². The molecule has 1 N–H and O–H groups in total. The molecule has 2 nitrogen and oxygen atoms in total. The molecule has 0 aliphatic carbocycles. The third-order valence-electron chi connectivity index (χ3n) is 2.40. The van der Waals surface area contributed by atoms with Crippen molar-refractivity contribution >= 4 is 5.97 Å². The molecule has 0 radical (unpaired) electrons. The summed E-state index contributed by atoms with van der Waals surface area (Å²) < 4.78 is 0. The fourth-order valence-electron chi connectivity index (χ4n) is 1.57. The number of carboxylic acid groups (broad SMARTS) is 1. The third-order valence-corrected chi connectivity index (χ3v) is 2.40. The minimum Gasteiger partial charge on any atom is -0.481 e. The summed E-state index contributed by atoms with van der Waals surface area (Å²) in [6, 6.07) is 6.12. The summed E-state index contributed by atoms with van der Waals surface area (Å²) in [6.45, 7) is 4.12. The van der Waals surface area contributed by atoms with Crippen molar-refractivity contribution in [3.05, 3.63) is 34.9 Å². The Balaban J connectivity index is 3.01. The van der Waals surface area contributed by atoms with Crippen molar-refractivity contribution in [1.82, 2.24) is 0 Å². The Morgan fingerprint density at radius 3 is 2.43 bits per heavy atom. The second-order valence-electron chi connectivity index (χ2n) is 3.38. The fourth-order valence-corrected chi connectivity index (χ4v) is 1.57. The van der Waals surface area contributed by atoms with Gasteiger partial charge in [0, 0.05) is 0 Å². The van der Waals surface area contributed by atoms with Gasteiger partial charge in [0.2, 0.25) is 0 Å². The van der Waals surface area contributed by atoms with E-state index in [2.05, 4.69) is 13.0 Å². The van der Waals surface area contributed by atoms with Crippen molar-refractivity contribution in [2.24, 2.45) is 0 Å². The van der Waals surface area contributed by atoms with Gasteiger partial charge in [0.05, 0.1) is 6.42 Å². The Hall–Kier alpha value is -1.31. The average Bonchev–Trinajstić information content (AvgIpc) is 2.16. The predicted molar refractivity (Wildman–Crippen MR) is 56.5 cm³/mol. The molecule has 0 fully saturated rings. The van der Waals surface area contributed by atoms with Crippen molar-refractivity contribution < 1.29 is 9.90 Å². The van der Waals surface area contributed by atoms with Gasteiger partial charge in [-0.25, -0.2) is 0 Å².